The summed E-state index contributed by atoms with van der Waals surface area (Å²) in [6, 6.07) is 4.95. The molecule has 0 aliphatic heterocycles. The van der Waals surface area contributed by atoms with Gasteiger partial charge in [0.2, 0.25) is 5.13 Å². The van der Waals surface area contributed by atoms with Crippen molar-refractivity contribution >= 4 is 22.4 Å². The SMILES string of the molecule is Cc1cccc(C(=O)Nc2nnc(C(F)F)s2)n1. The molecule has 2 aromatic heterocycles. The van der Waals surface area contributed by atoms with Gasteiger partial charge in [-0.3, -0.25) is 10.1 Å². The third-order valence-electron chi connectivity index (χ3n) is 1.97. The molecule has 0 saturated carbocycles. The van der Waals surface area contributed by atoms with Gasteiger partial charge in [0.15, 0.2) is 5.01 Å². The standard InChI is InChI=1S/C10H8F2N4OS/c1-5-3-2-4-6(13-5)8(17)14-10-16-15-9(18-10)7(11)12/h2-4,7H,1H3,(H,14,16,17). The Morgan fingerprint density at radius 2 is 2.17 bits per heavy atom. The van der Waals surface area contributed by atoms with Crippen molar-refractivity contribution < 1.29 is 13.6 Å². The fraction of sp³-hybridized carbons (Fsp3) is 0.200. The maximum atomic E-state index is 12.3. The highest BCUT2D eigenvalue weighted by Gasteiger charge is 2.16. The molecule has 0 saturated heterocycles. The molecule has 0 unspecified atom stereocenters. The number of amides is 1. The Morgan fingerprint density at radius 1 is 1.39 bits per heavy atom. The van der Waals surface area contributed by atoms with Gasteiger partial charge in [0.1, 0.15) is 5.69 Å². The van der Waals surface area contributed by atoms with Crippen LogP contribution in [0, 0.1) is 6.92 Å². The fourth-order valence-corrected chi connectivity index (χ4v) is 1.80. The van der Waals surface area contributed by atoms with E-state index in [1.165, 1.54) is 6.07 Å². The number of aryl methyl sites for hydroxylation is 1. The maximum Gasteiger partial charge on any atom is 0.291 e. The minimum absolute atomic E-state index is 0.0265. The molecule has 5 nitrogen and oxygen atoms in total. The van der Waals surface area contributed by atoms with Gasteiger partial charge >= 0.3 is 0 Å². The molecule has 0 fully saturated rings. The minimum atomic E-state index is -2.69. The molecule has 2 rings (SSSR count). The van der Waals surface area contributed by atoms with Crippen molar-refractivity contribution in [1.29, 1.82) is 0 Å². The van der Waals surface area contributed by atoms with Crippen LogP contribution in [0.25, 0.3) is 0 Å². The van der Waals surface area contributed by atoms with Gasteiger partial charge < -0.3 is 0 Å². The van der Waals surface area contributed by atoms with Crippen LogP contribution in [0.4, 0.5) is 13.9 Å². The fourth-order valence-electron chi connectivity index (χ4n) is 1.20. The molecule has 0 radical (unpaired) electrons. The van der Waals surface area contributed by atoms with E-state index in [4.69, 9.17) is 0 Å². The quantitative estimate of drug-likeness (QED) is 0.930. The Kier molecular flexibility index (Phi) is 3.56. The van der Waals surface area contributed by atoms with E-state index in [-0.39, 0.29) is 10.8 Å². The highest BCUT2D eigenvalue weighted by Crippen LogP contribution is 2.25. The van der Waals surface area contributed by atoms with Crippen molar-refractivity contribution in [1.82, 2.24) is 15.2 Å². The Bertz CT molecular complexity index is 573. The first kappa shape index (κ1) is 12.5. The number of carbonyl (C=O) groups excluding carboxylic acids is 1. The summed E-state index contributed by atoms with van der Waals surface area (Å²) in [5.74, 6) is -0.504. The van der Waals surface area contributed by atoms with Crippen molar-refractivity contribution in [2.45, 2.75) is 13.3 Å². The van der Waals surface area contributed by atoms with Crippen molar-refractivity contribution in [2.75, 3.05) is 5.32 Å². The van der Waals surface area contributed by atoms with Gasteiger partial charge in [-0.2, -0.15) is 0 Å². The normalized spacial score (nSPS) is 10.7. The van der Waals surface area contributed by atoms with Crippen LogP contribution in [0.2, 0.25) is 0 Å². The molecular formula is C10H8F2N4OS. The molecule has 18 heavy (non-hydrogen) atoms. The summed E-state index contributed by atoms with van der Waals surface area (Å²) >= 11 is 0.636. The first-order valence-electron chi connectivity index (χ1n) is 4.93. The van der Waals surface area contributed by atoms with E-state index in [1.54, 1.807) is 19.1 Å². The summed E-state index contributed by atoms with van der Waals surface area (Å²) in [4.78, 5) is 15.7. The molecule has 0 atom stereocenters. The topological polar surface area (TPSA) is 67.8 Å². The Balaban J connectivity index is 2.11. The minimum Gasteiger partial charge on any atom is -0.295 e. The Hall–Kier alpha value is -1.96. The summed E-state index contributed by atoms with van der Waals surface area (Å²) in [6.45, 7) is 1.75. The zero-order valence-electron chi connectivity index (χ0n) is 9.22. The second-order valence-corrected chi connectivity index (χ2v) is 4.37. The number of aromatic nitrogens is 3. The van der Waals surface area contributed by atoms with Crippen LogP contribution in [-0.4, -0.2) is 21.1 Å². The zero-order chi connectivity index (χ0) is 13.1. The first-order valence-corrected chi connectivity index (χ1v) is 5.74. The van der Waals surface area contributed by atoms with Crippen molar-refractivity contribution in [2.24, 2.45) is 0 Å². The molecule has 1 amide bonds. The van der Waals surface area contributed by atoms with E-state index < -0.39 is 17.3 Å². The smallest absolute Gasteiger partial charge is 0.291 e. The molecule has 0 aromatic carbocycles. The summed E-state index contributed by atoms with van der Waals surface area (Å²) in [7, 11) is 0. The lowest BCUT2D eigenvalue weighted by atomic mass is 10.3. The van der Waals surface area contributed by atoms with Gasteiger partial charge in [-0.25, -0.2) is 13.8 Å². The van der Waals surface area contributed by atoms with Crippen LogP contribution < -0.4 is 5.32 Å². The predicted octanol–water partition coefficient (Wildman–Crippen LogP) is 2.43. The molecule has 0 aliphatic rings. The van der Waals surface area contributed by atoms with Crippen LogP contribution in [0.15, 0.2) is 18.2 Å². The van der Waals surface area contributed by atoms with Crippen LogP contribution >= 0.6 is 11.3 Å². The van der Waals surface area contributed by atoms with Crippen LogP contribution in [0.5, 0.6) is 0 Å². The number of hydrogen-bond acceptors (Lipinski definition) is 5. The van der Waals surface area contributed by atoms with Crippen molar-refractivity contribution in [3.8, 4) is 0 Å². The molecule has 2 aromatic rings. The van der Waals surface area contributed by atoms with Crippen molar-refractivity contribution in [3.05, 3.63) is 34.6 Å². The van der Waals surface area contributed by atoms with Gasteiger partial charge in [-0.15, -0.1) is 10.2 Å². The molecule has 0 bridgehead atoms. The third kappa shape index (κ3) is 2.83. The summed E-state index contributed by atoms with van der Waals surface area (Å²) < 4.78 is 24.6. The number of pyridine rings is 1. The lowest BCUT2D eigenvalue weighted by Gasteiger charge is -2.00. The van der Waals surface area contributed by atoms with Gasteiger partial charge in [0.05, 0.1) is 0 Å². The number of nitrogens with one attached hydrogen (secondary N) is 1. The number of nitrogens with zero attached hydrogens (tertiary/aromatic N) is 3. The van der Waals surface area contributed by atoms with E-state index >= 15 is 0 Å². The average molecular weight is 270 g/mol. The summed E-state index contributed by atoms with van der Waals surface area (Å²) in [5, 5.41) is 8.69. The molecule has 8 heteroatoms. The maximum absolute atomic E-state index is 12.3. The Labute approximate surface area is 105 Å². The number of alkyl halides is 2. The van der Waals surface area contributed by atoms with Crippen LogP contribution in [-0.2, 0) is 0 Å². The number of hydrogen-bond donors (Lipinski definition) is 1. The zero-order valence-corrected chi connectivity index (χ0v) is 10.0. The predicted molar refractivity (Wildman–Crippen MR) is 61.8 cm³/mol. The molecule has 94 valence electrons. The average Bonchev–Trinajstić information content (AvgIpc) is 2.77. The summed E-state index contributed by atoms with van der Waals surface area (Å²) in [6.07, 6.45) is -2.69. The second-order valence-electron chi connectivity index (χ2n) is 3.36. The second kappa shape index (κ2) is 5.13. The Morgan fingerprint density at radius 3 is 2.78 bits per heavy atom. The van der Waals surface area contributed by atoms with E-state index in [9.17, 15) is 13.6 Å². The first-order chi connectivity index (χ1) is 8.56. The van der Waals surface area contributed by atoms with Crippen molar-refractivity contribution in [3.63, 3.8) is 0 Å². The molecular weight excluding hydrogens is 262 g/mol. The lowest BCUT2D eigenvalue weighted by Crippen LogP contribution is -2.13. The van der Waals surface area contributed by atoms with Crippen LogP contribution in [0.3, 0.4) is 0 Å². The van der Waals surface area contributed by atoms with Gasteiger partial charge in [-0.1, -0.05) is 17.4 Å². The highest BCUT2D eigenvalue weighted by molar-refractivity contribution is 7.15. The van der Waals surface area contributed by atoms with E-state index in [0.29, 0.717) is 17.0 Å². The number of rotatable bonds is 3. The third-order valence-corrected chi connectivity index (χ3v) is 2.81. The molecule has 0 aliphatic carbocycles. The molecule has 2 heterocycles. The monoisotopic (exact) mass is 270 g/mol. The van der Waals surface area contributed by atoms with Gasteiger partial charge in [0, 0.05) is 5.69 Å². The molecule has 0 spiro atoms. The highest BCUT2D eigenvalue weighted by atomic mass is 32.1. The largest absolute Gasteiger partial charge is 0.295 e. The van der Waals surface area contributed by atoms with E-state index in [2.05, 4.69) is 20.5 Å². The van der Waals surface area contributed by atoms with E-state index in [0.717, 1.165) is 0 Å². The number of anilines is 1. The molecule has 1 N–H and O–H groups in total. The van der Waals surface area contributed by atoms with Crippen LogP contribution in [0.1, 0.15) is 27.6 Å². The number of halogens is 2. The van der Waals surface area contributed by atoms with Gasteiger partial charge in [-0.05, 0) is 19.1 Å². The number of carbonyl (C=O) groups is 1. The van der Waals surface area contributed by atoms with Gasteiger partial charge in [0.25, 0.3) is 12.3 Å². The lowest BCUT2D eigenvalue weighted by molar-refractivity contribution is 0.102. The summed E-state index contributed by atoms with van der Waals surface area (Å²) in [5.41, 5.74) is 0.886. The van der Waals surface area contributed by atoms with E-state index in [1.807, 2.05) is 0 Å².